The maximum Gasteiger partial charge on any atom is 0.123 e. The Kier molecular flexibility index (Phi) is 7.21. The van der Waals surface area contributed by atoms with Crippen molar-refractivity contribution in [1.82, 2.24) is 4.90 Å². The fourth-order valence-electron chi connectivity index (χ4n) is 5.88. The van der Waals surface area contributed by atoms with Gasteiger partial charge in [-0.25, -0.2) is 0 Å². The van der Waals surface area contributed by atoms with Crippen molar-refractivity contribution in [2.45, 2.75) is 37.2 Å². The van der Waals surface area contributed by atoms with E-state index in [4.69, 9.17) is 4.74 Å². The second-order valence-electron chi connectivity index (χ2n) is 10.2. The van der Waals surface area contributed by atoms with E-state index in [2.05, 4.69) is 108 Å². The summed E-state index contributed by atoms with van der Waals surface area (Å²) >= 11 is 3.64. The van der Waals surface area contributed by atoms with Gasteiger partial charge in [0, 0.05) is 22.5 Å². The molecular weight excluding hydrogens is 510 g/mol. The molecule has 3 nitrogen and oxygen atoms in total. The minimum atomic E-state index is -1.12. The molecule has 0 saturated heterocycles. The van der Waals surface area contributed by atoms with Gasteiger partial charge in [-0.05, 0) is 97.1 Å². The Balaban J connectivity index is 1.80. The van der Waals surface area contributed by atoms with Crippen LogP contribution in [0.2, 0.25) is 0 Å². The van der Waals surface area contributed by atoms with E-state index in [9.17, 15) is 5.11 Å². The van der Waals surface area contributed by atoms with E-state index >= 15 is 0 Å². The van der Waals surface area contributed by atoms with Crippen molar-refractivity contribution in [3.8, 4) is 5.75 Å². The number of hydrogen-bond acceptors (Lipinski definition) is 3. The third-order valence-electron chi connectivity index (χ3n) is 7.62. The predicted octanol–water partition coefficient (Wildman–Crippen LogP) is 7.07. The molecule has 1 N–H and O–H groups in total. The lowest BCUT2D eigenvalue weighted by molar-refractivity contribution is 0.00321. The van der Waals surface area contributed by atoms with Gasteiger partial charge in [0.05, 0.1) is 7.11 Å². The van der Waals surface area contributed by atoms with Crippen LogP contribution in [0.15, 0.2) is 83.3 Å². The Morgan fingerprint density at radius 3 is 2.50 bits per heavy atom. The van der Waals surface area contributed by atoms with Gasteiger partial charge >= 0.3 is 0 Å². The van der Waals surface area contributed by atoms with Gasteiger partial charge in [0.15, 0.2) is 0 Å². The maximum absolute atomic E-state index is 13.0. The number of ether oxygens (including phenoxy) is 1. The number of aryl methyl sites for hydroxylation is 1. The van der Waals surface area contributed by atoms with Crippen LogP contribution in [0.4, 0.5) is 0 Å². The predicted molar refractivity (Wildman–Crippen MR) is 152 cm³/mol. The number of benzene rings is 4. The molecule has 0 radical (unpaired) electrons. The summed E-state index contributed by atoms with van der Waals surface area (Å²) in [5.41, 5.74) is 4.73. The van der Waals surface area contributed by atoms with Gasteiger partial charge in [-0.15, -0.1) is 0 Å². The highest BCUT2D eigenvalue weighted by molar-refractivity contribution is 9.10. The molecule has 0 fully saturated rings. The summed E-state index contributed by atoms with van der Waals surface area (Å²) in [6.07, 6.45) is 3.84. The highest BCUT2D eigenvalue weighted by atomic mass is 79.9. The van der Waals surface area contributed by atoms with Crippen LogP contribution < -0.4 is 4.74 Å². The quantitative estimate of drug-likeness (QED) is 0.258. The standard InChI is InChI=1S/C32H34BrNO2/c1-34(2)18-17-32(35,29-14-8-12-22-11-7-13-27(22)29)31(23-9-5-4-6-10-23)28-20-25-19-26(33)16-15-24(25)21-30(28)36-3/h4-6,8-10,12,14-16,19-21,31,35H,7,11,13,17-18H2,1-3H3/t31-,32-/m1/s1. The summed E-state index contributed by atoms with van der Waals surface area (Å²) in [4.78, 5) is 2.16. The van der Waals surface area contributed by atoms with E-state index < -0.39 is 5.60 Å². The lowest BCUT2D eigenvalue weighted by Crippen LogP contribution is -2.38. The van der Waals surface area contributed by atoms with E-state index in [-0.39, 0.29) is 5.92 Å². The average Bonchev–Trinajstić information content (AvgIpc) is 3.37. The molecule has 4 aromatic carbocycles. The van der Waals surface area contributed by atoms with E-state index in [1.54, 1.807) is 7.11 Å². The molecule has 36 heavy (non-hydrogen) atoms. The number of methoxy groups -OCH3 is 1. The molecule has 0 bridgehead atoms. The first kappa shape index (κ1) is 25.0. The van der Waals surface area contributed by atoms with Gasteiger partial charge in [-0.1, -0.05) is 70.5 Å². The topological polar surface area (TPSA) is 32.7 Å². The fourth-order valence-corrected chi connectivity index (χ4v) is 6.26. The van der Waals surface area contributed by atoms with Crippen molar-refractivity contribution in [1.29, 1.82) is 0 Å². The van der Waals surface area contributed by atoms with Crippen LogP contribution in [0, 0.1) is 0 Å². The zero-order valence-electron chi connectivity index (χ0n) is 21.3. The van der Waals surface area contributed by atoms with E-state index in [0.717, 1.165) is 63.5 Å². The van der Waals surface area contributed by atoms with Gasteiger partial charge in [0.25, 0.3) is 0 Å². The highest BCUT2D eigenvalue weighted by Crippen LogP contribution is 2.50. The molecular formula is C32H34BrNO2. The molecule has 4 heteroatoms. The van der Waals surface area contributed by atoms with E-state index in [1.165, 1.54) is 11.1 Å². The number of hydrogen-bond donors (Lipinski definition) is 1. The first-order valence-electron chi connectivity index (χ1n) is 12.7. The van der Waals surface area contributed by atoms with Gasteiger partial charge in [0.2, 0.25) is 0 Å². The number of aliphatic hydroxyl groups is 1. The van der Waals surface area contributed by atoms with Crippen molar-refractivity contribution in [3.05, 3.63) is 111 Å². The molecule has 0 unspecified atom stereocenters. The van der Waals surface area contributed by atoms with Crippen molar-refractivity contribution >= 4 is 26.7 Å². The molecule has 0 saturated carbocycles. The Bertz CT molecular complexity index is 1370. The SMILES string of the molecule is COc1cc2ccc(Br)cc2cc1[C@@H](c1ccccc1)[C@@](O)(CCN(C)C)c1cccc2c1CCC2. The molecule has 4 aromatic rings. The summed E-state index contributed by atoms with van der Waals surface area (Å²) in [5.74, 6) is 0.499. The lowest BCUT2D eigenvalue weighted by Gasteiger charge is -2.40. The number of fused-ring (bicyclic) bond motifs is 2. The van der Waals surface area contributed by atoms with E-state index in [0.29, 0.717) is 6.42 Å². The third-order valence-corrected chi connectivity index (χ3v) is 8.12. The molecule has 1 aliphatic rings. The largest absolute Gasteiger partial charge is 0.496 e. The Morgan fingerprint density at radius 1 is 0.944 bits per heavy atom. The number of halogens is 1. The Hall–Kier alpha value is -2.66. The summed E-state index contributed by atoms with van der Waals surface area (Å²) in [7, 11) is 5.87. The van der Waals surface area contributed by atoms with Crippen LogP contribution in [0.25, 0.3) is 10.8 Å². The molecule has 0 spiro atoms. The van der Waals surface area contributed by atoms with Gasteiger partial charge in [-0.2, -0.15) is 0 Å². The molecule has 0 aromatic heterocycles. The molecule has 0 aliphatic heterocycles. The van der Waals surface area contributed by atoms with Gasteiger partial charge in [0.1, 0.15) is 11.4 Å². The minimum absolute atomic E-state index is 0.302. The van der Waals surface area contributed by atoms with Gasteiger partial charge < -0.3 is 14.7 Å². The zero-order valence-corrected chi connectivity index (χ0v) is 22.9. The summed E-state index contributed by atoms with van der Waals surface area (Å²) in [6.45, 7) is 0.769. The maximum atomic E-state index is 13.0. The second-order valence-corrected chi connectivity index (χ2v) is 11.1. The lowest BCUT2D eigenvalue weighted by atomic mass is 9.69. The zero-order chi connectivity index (χ0) is 25.3. The van der Waals surface area contributed by atoms with Crippen molar-refractivity contribution in [2.75, 3.05) is 27.7 Å². The summed E-state index contributed by atoms with van der Waals surface area (Å²) in [6, 6.07) is 27.5. The molecule has 186 valence electrons. The second kappa shape index (κ2) is 10.4. The number of rotatable bonds is 8. The van der Waals surface area contributed by atoms with Crippen molar-refractivity contribution in [2.24, 2.45) is 0 Å². The Morgan fingerprint density at radius 2 is 1.75 bits per heavy atom. The van der Waals surface area contributed by atoms with Crippen LogP contribution in [0.3, 0.4) is 0 Å². The van der Waals surface area contributed by atoms with Crippen molar-refractivity contribution < 1.29 is 9.84 Å². The summed E-state index contributed by atoms with van der Waals surface area (Å²) in [5, 5.41) is 15.3. The average molecular weight is 545 g/mol. The summed E-state index contributed by atoms with van der Waals surface area (Å²) < 4.78 is 7.04. The first-order valence-corrected chi connectivity index (χ1v) is 13.5. The smallest absolute Gasteiger partial charge is 0.123 e. The molecule has 5 rings (SSSR count). The molecule has 0 amide bonds. The third kappa shape index (κ3) is 4.70. The monoisotopic (exact) mass is 543 g/mol. The van der Waals surface area contributed by atoms with Crippen LogP contribution in [0.1, 0.15) is 46.6 Å². The fraction of sp³-hybridized carbons (Fsp3) is 0.312. The normalized spacial score (nSPS) is 15.6. The number of nitrogens with zero attached hydrogens (tertiary/aromatic N) is 1. The van der Waals surface area contributed by atoms with Gasteiger partial charge in [-0.3, -0.25) is 0 Å². The Labute approximate surface area is 222 Å². The van der Waals surface area contributed by atoms with Crippen LogP contribution in [0.5, 0.6) is 5.75 Å². The highest BCUT2D eigenvalue weighted by Gasteiger charge is 2.43. The molecule has 1 aliphatic carbocycles. The van der Waals surface area contributed by atoms with Crippen LogP contribution >= 0.6 is 15.9 Å². The van der Waals surface area contributed by atoms with Crippen LogP contribution in [-0.4, -0.2) is 37.8 Å². The molecule has 2 atom stereocenters. The van der Waals surface area contributed by atoms with Crippen molar-refractivity contribution in [3.63, 3.8) is 0 Å². The first-order chi connectivity index (χ1) is 17.4. The van der Waals surface area contributed by atoms with E-state index in [1.807, 2.05) is 6.07 Å². The minimum Gasteiger partial charge on any atom is -0.496 e. The molecule has 0 heterocycles. The van der Waals surface area contributed by atoms with Crippen LogP contribution in [-0.2, 0) is 18.4 Å².